The highest BCUT2D eigenvalue weighted by atomic mass is 16.7. The molecule has 0 unspecified atom stereocenters. The first kappa shape index (κ1) is 13.8. The van der Waals surface area contributed by atoms with Crippen LogP contribution in [0.15, 0.2) is 30.5 Å². The Hall–Kier alpha value is -2.14. The predicted octanol–water partition coefficient (Wildman–Crippen LogP) is 2.96. The third kappa shape index (κ3) is 2.56. The van der Waals surface area contributed by atoms with Crippen molar-refractivity contribution in [3.05, 3.63) is 36.3 Å². The Bertz CT molecular complexity index is 765. The molecule has 0 atom stereocenters. The third-order valence-electron chi connectivity index (χ3n) is 3.17. The van der Waals surface area contributed by atoms with Gasteiger partial charge in [-0.25, -0.2) is 4.98 Å². The van der Waals surface area contributed by atoms with Crippen molar-refractivity contribution in [1.29, 1.82) is 0 Å². The van der Waals surface area contributed by atoms with Crippen LogP contribution in [-0.4, -0.2) is 27.4 Å². The summed E-state index contributed by atoms with van der Waals surface area (Å²) < 4.78 is 7.29. The number of ether oxygens (including phenoxy) is 1. The van der Waals surface area contributed by atoms with Crippen molar-refractivity contribution < 1.29 is 9.57 Å². The lowest BCUT2D eigenvalue weighted by molar-refractivity contribution is 0.0434. The molecule has 0 fully saturated rings. The molecular weight excluding hydrogens is 266 g/mol. The minimum atomic E-state index is 0.0507. The number of para-hydroxylation sites is 1. The molecule has 0 saturated carbocycles. The molecule has 3 rings (SSSR count). The van der Waals surface area contributed by atoms with Crippen LogP contribution in [0.4, 0.5) is 0 Å². The number of hydrogen-bond acceptors (Lipinski definition) is 4. The fourth-order valence-electron chi connectivity index (χ4n) is 2.33. The number of imidazole rings is 1. The first-order valence-electron chi connectivity index (χ1n) is 7.20. The van der Waals surface area contributed by atoms with E-state index < -0.39 is 0 Å². The van der Waals surface area contributed by atoms with Crippen LogP contribution in [0.2, 0.25) is 0 Å². The lowest BCUT2D eigenvalue weighted by Gasteiger charge is -2.14. The second-order valence-corrected chi connectivity index (χ2v) is 5.12. The van der Waals surface area contributed by atoms with E-state index in [9.17, 15) is 0 Å². The smallest absolute Gasteiger partial charge is 0.172 e. The van der Waals surface area contributed by atoms with Crippen LogP contribution in [-0.2, 0) is 11.3 Å². The summed E-state index contributed by atoms with van der Waals surface area (Å²) in [7, 11) is 0. The topological polar surface area (TPSA) is 49.2 Å². The number of aromatic nitrogens is 3. The summed E-state index contributed by atoms with van der Waals surface area (Å²) in [5.41, 5.74) is 2.70. The molecule has 1 aromatic carbocycles. The maximum absolute atomic E-state index is 5.95. The Kier molecular flexibility index (Phi) is 3.75. The molecule has 0 bridgehead atoms. The number of fused-ring (bicyclic) bond motifs is 3. The van der Waals surface area contributed by atoms with Crippen molar-refractivity contribution in [2.24, 2.45) is 0 Å². The Balaban J connectivity index is 2.25. The van der Waals surface area contributed by atoms with E-state index in [-0.39, 0.29) is 6.10 Å². The average Bonchev–Trinajstić information content (AvgIpc) is 2.82. The molecule has 0 spiro atoms. The van der Waals surface area contributed by atoms with Crippen LogP contribution < -0.4 is 4.84 Å². The normalized spacial score (nSPS) is 11.6. The van der Waals surface area contributed by atoms with Gasteiger partial charge in [-0.2, -0.15) is 4.73 Å². The minimum Gasteiger partial charge on any atom is -0.409 e. The SMILES string of the molecule is CCOCc1nc2cnc3ccccc3c2n1OC(C)C. The number of nitrogens with zero attached hydrogens (tertiary/aromatic N) is 3. The standard InChI is InChI=1S/C16H19N3O2/c1-4-20-10-15-18-14-9-17-13-8-6-5-7-12(13)16(14)19(15)21-11(2)3/h5-9,11H,4,10H2,1-3H3. The van der Waals surface area contributed by atoms with Gasteiger partial charge in [-0.3, -0.25) is 4.98 Å². The van der Waals surface area contributed by atoms with Crippen LogP contribution >= 0.6 is 0 Å². The first-order chi connectivity index (χ1) is 10.2. The molecule has 21 heavy (non-hydrogen) atoms. The van der Waals surface area contributed by atoms with Crippen LogP contribution in [0.5, 0.6) is 0 Å². The van der Waals surface area contributed by atoms with Crippen molar-refractivity contribution in [3.63, 3.8) is 0 Å². The van der Waals surface area contributed by atoms with Gasteiger partial charge in [0.25, 0.3) is 0 Å². The number of rotatable bonds is 5. The van der Waals surface area contributed by atoms with Crippen molar-refractivity contribution in [2.75, 3.05) is 6.61 Å². The van der Waals surface area contributed by atoms with Gasteiger partial charge in [0.1, 0.15) is 23.7 Å². The van der Waals surface area contributed by atoms with Gasteiger partial charge in [0.05, 0.1) is 11.7 Å². The molecule has 0 aliphatic heterocycles. The molecular formula is C16H19N3O2. The fraction of sp³-hybridized carbons (Fsp3) is 0.375. The van der Waals surface area contributed by atoms with Crippen LogP contribution in [0.25, 0.3) is 21.9 Å². The zero-order valence-corrected chi connectivity index (χ0v) is 12.5. The largest absolute Gasteiger partial charge is 0.409 e. The number of benzene rings is 1. The molecule has 5 heteroatoms. The van der Waals surface area contributed by atoms with E-state index in [2.05, 4.69) is 9.97 Å². The fourth-order valence-corrected chi connectivity index (χ4v) is 2.33. The summed E-state index contributed by atoms with van der Waals surface area (Å²) in [6.45, 7) is 7.03. The van der Waals surface area contributed by atoms with E-state index in [1.54, 1.807) is 10.9 Å². The van der Waals surface area contributed by atoms with Gasteiger partial charge in [0, 0.05) is 12.0 Å². The van der Waals surface area contributed by atoms with Gasteiger partial charge < -0.3 is 9.57 Å². The third-order valence-corrected chi connectivity index (χ3v) is 3.17. The summed E-state index contributed by atoms with van der Waals surface area (Å²) in [5, 5.41) is 1.03. The summed E-state index contributed by atoms with van der Waals surface area (Å²) >= 11 is 0. The van der Waals surface area contributed by atoms with Gasteiger partial charge in [0.2, 0.25) is 0 Å². The highest BCUT2D eigenvalue weighted by Crippen LogP contribution is 2.24. The second kappa shape index (κ2) is 5.69. The van der Waals surface area contributed by atoms with Crippen LogP contribution in [0.1, 0.15) is 26.6 Å². The minimum absolute atomic E-state index is 0.0507. The van der Waals surface area contributed by atoms with Crippen molar-refractivity contribution >= 4 is 21.9 Å². The molecule has 0 saturated heterocycles. The molecule has 0 N–H and O–H groups in total. The van der Waals surface area contributed by atoms with Crippen molar-refractivity contribution in [2.45, 2.75) is 33.5 Å². The Labute approximate surface area is 123 Å². The summed E-state index contributed by atoms with van der Waals surface area (Å²) in [6.07, 6.45) is 1.84. The monoisotopic (exact) mass is 285 g/mol. The zero-order chi connectivity index (χ0) is 14.8. The molecule has 3 aromatic rings. The molecule has 5 nitrogen and oxygen atoms in total. The molecule has 2 heterocycles. The first-order valence-corrected chi connectivity index (χ1v) is 7.20. The Morgan fingerprint density at radius 1 is 1.19 bits per heavy atom. The van der Waals surface area contributed by atoms with E-state index >= 15 is 0 Å². The Morgan fingerprint density at radius 3 is 2.76 bits per heavy atom. The van der Waals surface area contributed by atoms with Crippen LogP contribution in [0, 0.1) is 0 Å². The van der Waals surface area contributed by atoms with Gasteiger partial charge >= 0.3 is 0 Å². The predicted molar refractivity (Wildman–Crippen MR) is 82.1 cm³/mol. The molecule has 0 amide bonds. The Morgan fingerprint density at radius 2 is 2.00 bits per heavy atom. The van der Waals surface area contributed by atoms with Gasteiger partial charge in [-0.15, -0.1) is 0 Å². The molecule has 0 aliphatic rings. The summed E-state index contributed by atoms with van der Waals surface area (Å²) in [4.78, 5) is 15.0. The maximum Gasteiger partial charge on any atom is 0.172 e. The second-order valence-electron chi connectivity index (χ2n) is 5.12. The van der Waals surface area contributed by atoms with Crippen molar-refractivity contribution in [1.82, 2.24) is 14.7 Å². The maximum atomic E-state index is 5.95. The van der Waals surface area contributed by atoms with Gasteiger partial charge in [-0.05, 0) is 26.8 Å². The lowest BCUT2D eigenvalue weighted by Crippen LogP contribution is -2.21. The van der Waals surface area contributed by atoms with Crippen LogP contribution in [0.3, 0.4) is 0 Å². The van der Waals surface area contributed by atoms with E-state index in [0.717, 1.165) is 27.8 Å². The molecule has 0 radical (unpaired) electrons. The van der Waals surface area contributed by atoms with E-state index in [1.807, 2.05) is 45.0 Å². The summed E-state index contributed by atoms with van der Waals surface area (Å²) in [5.74, 6) is 0.763. The van der Waals surface area contributed by atoms with E-state index in [0.29, 0.717) is 13.2 Å². The van der Waals surface area contributed by atoms with Gasteiger partial charge in [0.15, 0.2) is 5.82 Å². The number of pyridine rings is 1. The molecule has 0 aliphatic carbocycles. The van der Waals surface area contributed by atoms with Crippen molar-refractivity contribution in [3.8, 4) is 0 Å². The van der Waals surface area contributed by atoms with E-state index in [4.69, 9.17) is 9.57 Å². The number of hydrogen-bond donors (Lipinski definition) is 0. The highest BCUT2D eigenvalue weighted by Gasteiger charge is 2.16. The van der Waals surface area contributed by atoms with Gasteiger partial charge in [-0.1, -0.05) is 18.2 Å². The van der Waals surface area contributed by atoms with E-state index in [1.165, 1.54) is 0 Å². The quantitative estimate of drug-likeness (QED) is 0.723. The zero-order valence-electron chi connectivity index (χ0n) is 12.5. The molecule has 2 aromatic heterocycles. The lowest BCUT2D eigenvalue weighted by atomic mass is 10.2. The highest BCUT2D eigenvalue weighted by molar-refractivity contribution is 6.02. The molecule has 110 valence electrons. The summed E-state index contributed by atoms with van der Waals surface area (Å²) in [6, 6.07) is 8.01. The average molecular weight is 285 g/mol.